The van der Waals surface area contributed by atoms with Crippen molar-refractivity contribution >= 4 is 17.1 Å². The number of carbonyl (C=O) groups is 1. The molecule has 2 aromatic rings. The number of fused-ring (bicyclic) bond motifs is 3. The maximum absolute atomic E-state index is 12.0. The number of aliphatic hydroxyl groups excluding tert-OH is 1. The van der Waals surface area contributed by atoms with Gasteiger partial charge in [-0.2, -0.15) is 0 Å². The molecule has 2 N–H and O–H groups in total. The molecule has 2 saturated heterocycles. The van der Waals surface area contributed by atoms with Crippen LogP contribution in [0.15, 0.2) is 33.8 Å². The summed E-state index contributed by atoms with van der Waals surface area (Å²) in [5.74, 6) is 0. The van der Waals surface area contributed by atoms with Crippen molar-refractivity contribution in [2.45, 2.75) is 109 Å². The number of nitrogens with zero attached hydrogens (tertiary/aromatic N) is 1. The van der Waals surface area contributed by atoms with E-state index in [9.17, 15) is 9.59 Å². The van der Waals surface area contributed by atoms with Gasteiger partial charge in [0, 0.05) is 18.3 Å². The lowest BCUT2D eigenvalue weighted by Crippen LogP contribution is -2.46. The summed E-state index contributed by atoms with van der Waals surface area (Å²) in [5, 5.41) is 9.51. The zero-order valence-electron chi connectivity index (χ0n) is 19.6. The van der Waals surface area contributed by atoms with Crippen molar-refractivity contribution in [1.82, 2.24) is 9.88 Å². The van der Waals surface area contributed by atoms with Crippen molar-refractivity contribution in [3.05, 3.63) is 34.9 Å². The van der Waals surface area contributed by atoms with E-state index in [-0.39, 0.29) is 23.4 Å². The topological polar surface area (TPSA) is 95.8 Å². The minimum absolute atomic E-state index is 0.0359. The zero-order valence-corrected chi connectivity index (χ0v) is 19.6. The van der Waals surface area contributed by atoms with Crippen LogP contribution < -0.4 is 5.56 Å². The molecule has 2 atom stereocenters. The number of piperidine rings is 1. The second-order valence-corrected chi connectivity index (χ2v) is 10.0. The van der Waals surface area contributed by atoms with Crippen molar-refractivity contribution in [1.29, 1.82) is 0 Å². The van der Waals surface area contributed by atoms with E-state index in [1.54, 1.807) is 18.3 Å². The Morgan fingerprint density at radius 1 is 1.03 bits per heavy atom. The second kappa shape index (κ2) is 11.0. The van der Waals surface area contributed by atoms with Crippen LogP contribution in [-0.2, 0) is 4.74 Å². The largest absolute Gasteiger partial charge is 0.464 e. The highest BCUT2D eigenvalue weighted by Gasteiger charge is 2.41. The lowest BCUT2D eigenvalue weighted by atomic mass is 9.98. The molecular weight excluding hydrogens is 408 g/mol. The molecule has 7 heteroatoms. The Balaban J connectivity index is 0.000000146. The Labute approximate surface area is 190 Å². The SMILES string of the molecule is CC(C)(C)OC(=O)N1C2CCCC1CC2.O=c1[nH]ccc2occc12.OC1CCCCC1. The van der Waals surface area contributed by atoms with Gasteiger partial charge in [0.05, 0.1) is 17.8 Å². The number of carbonyl (C=O) groups excluding carboxylic acids is 1. The van der Waals surface area contributed by atoms with Gasteiger partial charge in [-0.15, -0.1) is 0 Å². The monoisotopic (exact) mass is 446 g/mol. The van der Waals surface area contributed by atoms with Gasteiger partial charge in [0.2, 0.25) is 0 Å². The van der Waals surface area contributed by atoms with E-state index in [1.165, 1.54) is 44.8 Å². The second-order valence-electron chi connectivity index (χ2n) is 10.0. The van der Waals surface area contributed by atoms with E-state index >= 15 is 0 Å². The van der Waals surface area contributed by atoms with Crippen molar-refractivity contribution in [3.8, 4) is 0 Å². The first-order chi connectivity index (χ1) is 15.2. The first kappa shape index (κ1) is 24.4. The minimum Gasteiger partial charge on any atom is -0.464 e. The molecule has 5 rings (SSSR count). The summed E-state index contributed by atoms with van der Waals surface area (Å²) in [7, 11) is 0. The first-order valence-corrected chi connectivity index (χ1v) is 12.0. The molecule has 1 amide bonds. The lowest BCUT2D eigenvalue weighted by Gasteiger charge is -2.35. The number of furan rings is 1. The Bertz CT molecular complexity index is 891. The summed E-state index contributed by atoms with van der Waals surface area (Å²) >= 11 is 0. The van der Waals surface area contributed by atoms with Crippen molar-refractivity contribution in [2.75, 3.05) is 0 Å². The third kappa shape index (κ3) is 6.86. The molecular formula is C25H38N2O5. The quantitative estimate of drug-likeness (QED) is 0.567. The van der Waals surface area contributed by atoms with Gasteiger partial charge in [-0.05, 0) is 77.8 Å². The number of pyridine rings is 1. The zero-order chi connectivity index (χ0) is 23.1. The maximum Gasteiger partial charge on any atom is 0.410 e. The van der Waals surface area contributed by atoms with Crippen molar-refractivity contribution in [2.24, 2.45) is 0 Å². The van der Waals surface area contributed by atoms with Crippen LogP contribution in [0.4, 0.5) is 4.79 Å². The fraction of sp³-hybridized carbons (Fsp3) is 0.680. The first-order valence-electron chi connectivity index (χ1n) is 12.0. The predicted molar refractivity (Wildman–Crippen MR) is 125 cm³/mol. The van der Waals surface area contributed by atoms with Crippen LogP contribution in [0.3, 0.4) is 0 Å². The average Bonchev–Trinajstić information content (AvgIpc) is 3.31. The van der Waals surface area contributed by atoms with Gasteiger partial charge in [-0.25, -0.2) is 4.79 Å². The molecule has 178 valence electrons. The van der Waals surface area contributed by atoms with Crippen LogP contribution in [0.5, 0.6) is 0 Å². The van der Waals surface area contributed by atoms with Crippen molar-refractivity contribution < 1.29 is 19.1 Å². The number of H-pyrrole nitrogens is 1. The molecule has 1 saturated carbocycles. The fourth-order valence-electron chi connectivity index (χ4n) is 4.72. The summed E-state index contributed by atoms with van der Waals surface area (Å²) in [6.07, 6.45) is 14.8. The Kier molecular flexibility index (Phi) is 8.40. The normalized spacial score (nSPS) is 23.1. The number of hydrogen-bond acceptors (Lipinski definition) is 5. The Morgan fingerprint density at radius 2 is 1.69 bits per heavy atom. The molecule has 2 aliphatic heterocycles. The van der Waals surface area contributed by atoms with E-state index in [1.807, 2.05) is 25.7 Å². The average molecular weight is 447 g/mol. The Hall–Kier alpha value is -2.28. The predicted octanol–water partition coefficient (Wildman–Crippen LogP) is 5.37. The Morgan fingerprint density at radius 3 is 2.22 bits per heavy atom. The van der Waals surface area contributed by atoms with E-state index < -0.39 is 0 Å². The third-order valence-electron chi connectivity index (χ3n) is 6.26. The molecule has 7 nitrogen and oxygen atoms in total. The molecule has 1 aliphatic carbocycles. The molecule has 0 radical (unpaired) electrons. The third-order valence-corrected chi connectivity index (χ3v) is 6.26. The standard InChI is InChI=1S/C12H21NO2.C7H5NO2.C6H12O/c1-12(2,3)15-11(14)13-9-5-4-6-10(13)8-7-9;9-7-5-2-4-10-6(5)1-3-8-7;7-6-4-2-1-3-5-6/h9-10H,4-8H2,1-3H3;1-4H,(H,8,9);6-7H,1-5H2. The van der Waals surface area contributed by atoms with Crippen molar-refractivity contribution in [3.63, 3.8) is 0 Å². The maximum atomic E-state index is 12.0. The van der Waals surface area contributed by atoms with Crippen LogP contribution in [-0.4, -0.2) is 44.9 Å². The number of amides is 1. The number of ether oxygens (including phenoxy) is 1. The van der Waals surface area contributed by atoms with Crippen LogP contribution >= 0.6 is 0 Å². The molecule has 2 bridgehead atoms. The fourth-order valence-corrected chi connectivity index (χ4v) is 4.72. The molecule has 32 heavy (non-hydrogen) atoms. The van der Waals surface area contributed by atoms with E-state index in [0.717, 1.165) is 25.7 Å². The molecule has 3 aliphatic rings. The van der Waals surface area contributed by atoms with Gasteiger partial charge in [0.25, 0.3) is 5.56 Å². The number of aliphatic hydroxyl groups is 1. The molecule has 2 unspecified atom stereocenters. The van der Waals surface area contributed by atoms with Crippen LogP contribution in [0.2, 0.25) is 0 Å². The molecule has 0 aromatic carbocycles. The molecule has 4 heterocycles. The molecule has 2 aromatic heterocycles. The summed E-state index contributed by atoms with van der Waals surface area (Å²) in [6, 6.07) is 4.28. The lowest BCUT2D eigenvalue weighted by molar-refractivity contribution is 0.00783. The minimum atomic E-state index is -0.367. The highest BCUT2D eigenvalue weighted by molar-refractivity contribution is 5.75. The highest BCUT2D eigenvalue weighted by atomic mass is 16.6. The molecule has 0 spiro atoms. The number of hydrogen-bond donors (Lipinski definition) is 2. The van der Waals surface area contributed by atoms with Gasteiger partial charge in [0.1, 0.15) is 11.2 Å². The van der Waals surface area contributed by atoms with E-state index in [4.69, 9.17) is 14.3 Å². The highest BCUT2D eigenvalue weighted by Crippen LogP contribution is 2.36. The number of aromatic amines is 1. The van der Waals surface area contributed by atoms with E-state index in [0.29, 0.717) is 23.1 Å². The van der Waals surface area contributed by atoms with Gasteiger partial charge >= 0.3 is 6.09 Å². The summed E-state index contributed by atoms with van der Waals surface area (Å²) < 4.78 is 10.4. The number of aromatic nitrogens is 1. The van der Waals surface area contributed by atoms with E-state index in [2.05, 4.69) is 4.98 Å². The smallest absolute Gasteiger partial charge is 0.410 e. The van der Waals surface area contributed by atoms with Gasteiger partial charge < -0.3 is 24.1 Å². The van der Waals surface area contributed by atoms with Crippen LogP contribution in [0.1, 0.15) is 85.0 Å². The molecule has 3 fully saturated rings. The van der Waals surface area contributed by atoms with Gasteiger partial charge in [0.15, 0.2) is 0 Å². The number of rotatable bonds is 0. The van der Waals surface area contributed by atoms with Crippen LogP contribution in [0.25, 0.3) is 11.0 Å². The van der Waals surface area contributed by atoms with Crippen LogP contribution in [0, 0.1) is 0 Å². The van der Waals surface area contributed by atoms with Gasteiger partial charge in [-0.1, -0.05) is 19.3 Å². The summed E-state index contributed by atoms with van der Waals surface area (Å²) in [6.45, 7) is 5.78. The van der Waals surface area contributed by atoms with Gasteiger partial charge in [-0.3, -0.25) is 4.79 Å². The summed E-state index contributed by atoms with van der Waals surface area (Å²) in [4.78, 5) is 27.4. The number of nitrogens with one attached hydrogen (secondary N) is 1. The summed E-state index contributed by atoms with van der Waals surface area (Å²) in [5.41, 5.74) is 0.156.